The third-order valence-electron chi connectivity index (χ3n) is 2.28. The van der Waals surface area contributed by atoms with Gasteiger partial charge in [-0.2, -0.15) is 5.10 Å². The fourth-order valence-electron chi connectivity index (χ4n) is 1.50. The van der Waals surface area contributed by atoms with Gasteiger partial charge >= 0.3 is 0 Å². The van der Waals surface area contributed by atoms with Crippen LogP contribution in [0.15, 0.2) is 30.7 Å². The molecule has 16 heavy (non-hydrogen) atoms. The van der Waals surface area contributed by atoms with Crippen molar-refractivity contribution in [3.8, 4) is 0 Å². The molecule has 2 aromatic heterocycles. The highest BCUT2D eigenvalue weighted by Gasteiger charge is 2.14. The number of nitrogens with zero attached hydrogens (tertiary/aromatic N) is 4. The SMILES string of the molecule is Cn1ccc(CC(NN)c2ncccn2)n1. The van der Waals surface area contributed by atoms with Gasteiger partial charge in [-0.05, 0) is 12.1 Å². The van der Waals surface area contributed by atoms with Gasteiger partial charge in [0.1, 0.15) is 5.82 Å². The van der Waals surface area contributed by atoms with Crippen LogP contribution in [0.5, 0.6) is 0 Å². The number of hydrogen-bond acceptors (Lipinski definition) is 5. The summed E-state index contributed by atoms with van der Waals surface area (Å²) in [5.41, 5.74) is 3.66. The van der Waals surface area contributed by atoms with Gasteiger partial charge in [-0.1, -0.05) is 0 Å². The first kappa shape index (κ1) is 10.7. The van der Waals surface area contributed by atoms with Crippen molar-refractivity contribution in [3.63, 3.8) is 0 Å². The van der Waals surface area contributed by atoms with Crippen molar-refractivity contribution in [3.05, 3.63) is 42.2 Å². The van der Waals surface area contributed by atoms with E-state index < -0.39 is 0 Å². The van der Waals surface area contributed by atoms with Gasteiger partial charge in [0.25, 0.3) is 0 Å². The number of aromatic nitrogens is 4. The molecule has 0 bridgehead atoms. The van der Waals surface area contributed by atoms with Crippen LogP contribution in [-0.2, 0) is 13.5 Å². The number of nitrogens with one attached hydrogen (secondary N) is 1. The van der Waals surface area contributed by atoms with Gasteiger partial charge in [-0.3, -0.25) is 10.5 Å². The average molecular weight is 218 g/mol. The van der Waals surface area contributed by atoms with E-state index in [2.05, 4.69) is 20.5 Å². The molecule has 3 N–H and O–H groups in total. The summed E-state index contributed by atoms with van der Waals surface area (Å²) in [5, 5.41) is 4.29. The third-order valence-corrected chi connectivity index (χ3v) is 2.28. The van der Waals surface area contributed by atoms with Crippen LogP contribution in [0, 0.1) is 0 Å². The second-order valence-corrected chi connectivity index (χ2v) is 3.51. The molecule has 0 aromatic carbocycles. The lowest BCUT2D eigenvalue weighted by molar-refractivity contribution is 0.514. The lowest BCUT2D eigenvalue weighted by Gasteiger charge is -2.12. The molecule has 0 amide bonds. The molecule has 0 saturated carbocycles. The predicted octanol–water partition coefficient (Wildman–Crippen LogP) is -0.0428. The average Bonchev–Trinajstić information content (AvgIpc) is 2.73. The van der Waals surface area contributed by atoms with Crippen molar-refractivity contribution in [1.82, 2.24) is 25.2 Å². The Balaban J connectivity index is 2.12. The second kappa shape index (κ2) is 4.82. The maximum Gasteiger partial charge on any atom is 0.146 e. The predicted molar refractivity (Wildman–Crippen MR) is 59.0 cm³/mol. The van der Waals surface area contributed by atoms with Crippen LogP contribution in [0.25, 0.3) is 0 Å². The van der Waals surface area contributed by atoms with Gasteiger partial charge in [-0.15, -0.1) is 0 Å². The lowest BCUT2D eigenvalue weighted by Crippen LogP contribution is -2.31. The maximum absolute atomic E-state index is 5.49. The minimum atomic E-state index is -0.115. The molecule has 0 aliphatic heterocycles. The minimum absolute atomic E-state index is 0.115. The van der Waals surface area contributed by atoms with Gasteiger partial charge in [0.15, 0.2) is 0 Å². The molecule has 1 unspecified atom stereocenters. The molecule has 0 aliphatic rings. The molecule has 6 heteroatoms. The van der Waals surface area contributed by atoms with Gasteiger partial charge in [0.2, 0.25) is 0 Å². The summed E-state index contributed by atoms with van der Waals surface area (Å²) in [7, 11) is 1.88. The molecular weight excluding hydrogens is 204 g/mol. The van der Waals surface area contributed by atoms with E-state index in [1.807, 2.05) is 19.3 Å². The van der Waals surface area contributed by atoms with E-state index >= 15 is 0 Å². The fourth-order valence-corrected chi connectivity index (χ4v) is 1.50. The van der Waals surface area contributed by atoms with E-state index in [1.165, 1.54) is 0 Å². The molecule has 2 aromatic rings. The highest BCUT2D eigenvalue weighted by Crippen LogP contribution is 2.11. The molecule has 0 spiro atoms. The summed E-state index contributed by atoms with van der Waals surface area (Å²) in [4.78, 5) is 8.33. The molecule has 6 nitrogen and oxygen atoms in total. The Hall–Kier alpha value is -1.79. The minimum Gasteiger partial charge on any atom is -0.276 e. The zero-order valence-electron chi connectivity index (χ0n) is 9.04. The summed E-state index contributed by atoms with van der Waals surface area (Å²) in [6.45, 7) is 0. The monoisotopic (exact) mass is 218 g/mol. The highest BCUT2D eigenvalue weighted by molar-refractivity contribution is 5.06. The van der Waals surface area contributed by atoms with Crippen molar-refractivity contribution >= 4 is 0 Å². The molecule has 0 saturated heterocycles. The number of hydrogen-bond donors (Lipinski definition) is 2. The van der Waals surface area contributed by atoms with Crippen LogP contribution in [0.3, 0.4) is 0 Å². The van der Waals surface area contributed by atoms with E-state index in [9.17, 15) is 0 Å². The van der Waals surface area contributed by atoms with Crippen LogP contribution in [-0.4, -0.2) is 19.7 Å². The largest absolute Gasteiger partial charge is 0.276 e. The van der Waals surface area contributed by atoms with E-state index in [0.29, 0.717) is 12.2 Å². The first-order chi connectivity index (χ1) is 7.79. The van der Waals surface area contributed by atoms with Crippen LogP contribution in [0.2, 0.25) is 0 Å². The molecular formula is C10H14N6. The lowest BCUT2D eigenvalue weighted by atomic mass is 10.1. The van der Waals surface area contributed by atoms with Crippen LogP contribution in [0.1, 0.15) is 17.6 Å². The molecule has 0 aliphatic carbocycles. The van der Waals surface area contributed by atoms with Crippen molar-refractivity contribution in [2.75, 3.05) is 0 Å². The molecule has 1 atom stereocenters. The Morgan fingerprint density at radius 2 is 2.19 bits per heavy atom. The Kier molecular flexibility index (Phi) is 3.23. The standard InChI is InChI=1S/C10H14N6/c1-16-6-3-8(15-16)7-9(14-11)10-12-4-2-5-13-10/h2-6,9,14H,7,11H2,1H3. The highest BCUT2D eigenvalue weighted by atomic mass is 15.3. The van der Waals surface area contributed by atoms with E-state index in [0.717, 1.165) is 5.69 Å². The van der Waals surface area contributed by atoms with Gasteiger partial charge in [0, 0.05) is 32.1 Å². The van der Waals surface area contributed by atoms with Crippen LogP contribution >= 0.6 is 0 Å². The Morgan fingerprint density at radius 3 is 2.75 bits per heavy atom. The summed E-state index contributed by atoms with van der Waals surface area (Å²) in [5.74, 6) is 6.17. The normalized spacial score (nSPS) is 12.6. The number of aryl methyl sites for hydroxylation is 1. The van der Waals surface area contributed by atoms with E-state index in [1.54, 1.807) is 23.1 Å². The smallest absolute Gasteiger partial charge is 0.146 e. The number of nitrogens with two attached hydrogens (primary N) is 1. The zero-order chi connectivity index (χ0) is 11.4. The zero-order valence-corrected chi connectivity index (χ0v) is 9.04. The first-order valence-corrected chi connectivity index (χ1v) is 5.01. The van der Waals surface area contributed by atoms with E-state index in [4.69, 9.17) is 5.84 Å². The number of rotatable bonds is 4. The summed E-state index contributed by atoms with van der Waals surface area (Å²) in [6.07, 6.45) is 5.96. The molecule has 0 fully saturated rings. The Bertz CT molecular complexity index is 438. The van der Waals surface area contributed by atoms with Gasteiger partial charge in [0.05, 0.1) is 11.7 Å². The fraction of sp³-hybridized carbons (Fsp3) is 0.300. The van der Waals surface area contributed by atoms with Crippen molar-refractivity contribution in [2.45, 2.75) is 12.5 Å². The summed E-state index contributed by atoms with van der Waals surface area (Å²) >= 11 is 0. The van der Waals surface area contributed by atoms with Crippen molar-refractivity contribution in [1.29, 1.82) is 0 Å². The summed E-state index contributed by atoms with van der Waals surface area (Å²) in [6, 6.07) is 3.61. The summed E-state index contributed by atoms with van der Waals surface area (Å²) < 4.78 is 1.76. The quantitative estimate of drug-likeness (QED) is 0.555. The second-order valence-electron chi connectivity index (χ2n) is 3.51. The Morgan fingerprint density at radius 1 is 1.44 bits per heavy atom. The topological polar surface area (TPSA) is 81.7 Å². The van der Waals surface area contributed by atoms with Crippen LogP contribution in [0.4, 0.5) is 0 Å². The first-order valence-electron chi connectivity index (χ1n) is 5.01. The van der Waals surface area contributed by atoms with Gasteiger partial charge in [-0.25, -0.2) is 15.4 Å². The maximum atomic E-state index is 5.49. The molecule has 2 rings (SSSR count). The van der Waals surface area contributed by atoms with Gasteiger partial charge < -0.3 is 0 Å². The molecule has 0 radical (unpaired) electrons. The molecule has 2 heterocycles. The number of hydrazine groups is 1. The van der Waals surface area contributed by atoms with Crippen LogP contribution < -0.4 is 11.3 Å². The molecule has 84 valence electrons. The van der Waals surface area contributed by atoms with Crippen molar-refractivity contribution < 1.29 is 0 Å². The van der Waals surface area contributed by atoms with Crippen molar-refractivity contribution in [2.24, 2.45) is 12.9 Å². The van der Waals surface area contributed by atoms with E-state index in [-0.39, 0.29) is 6.04 Å². The third kappa shape index (κ3) is 2.41. The Labute approximate surface area is 93.5 Å².